The molecule has 3 aromatic rings. The van der Waals surface area contributed by atoms with Crippen molar-refractivity contribution in [1.82, 2.24) is 4.90 Å². The van der Waals surface area contributed by atoms with Gasteiger partial charge in [-0.2, -0.15) is 13.2 Å². The summed E-state index contributed by atoms with van der Waals surface area (Å²) >= 11 is 0.707. The Morgan fingerprint density at radius 1 is 1.03 bits per heavy atom. The number of nitrogens with zero attached hydrogens (tertiary/aromatic N) is 2. The highest BCUT2D eigenvalue weighted by atomic mass is 32.2. The van der Waals surface area contributed by atoms with E-state index in [4.69, 9.17) is 9.47 Å². The lowest BCUT2D eigenvalue weighted by atomic mass is 10.1. The van der Waals surface area contributed by atoms with E-state index < -0.39 is 39.2 Å². The Hall–Kier alpha value is -4.32. The van der Waals surface area contributed by atoms with Gasteiger partial charge in [-0.05, 0) is 60.7 Å². The van der Waals surface area contributed by atoms with Crippen molar-refractivity contribution in [2.45, 2.75) is 13.1 Å². The molecule has 1 aliphatic rings. The number of hydrogen-bond acceptors (Lipinski definition) is 7. The summed E-state index contributed by atoms with van der Waals surface area (Å²) in [6.45, 7) is 2.02. The highest BCUT2D eigenvalue weighted by Gasteiger charge is 2.35. The van der Waals surface area contributed by atoms with Crippen LogP contribution < -0.4 is 9.47 Å². The number of nitro benzene ring substituents is 1. The van der Waals surface area contributed by atoms with E-state index in [2.05, 4.69) is 0 Å². The number of hydrogen-bond donors (Lipinski definition) is 0. The van der Waals surface area contributed by atoms with Gasteiger partial charge in [0.2, 0.25) is 5.75 Å². The summed E-state index contributed by atoms with van der Waals surface area (Å²) in [5.74, 6) is -0.311. The number of carbonyl (C=O) groups excluding carboxylic acids is 2. The highest BCUT2D eigenvalue weighted by molar-refractivity contribution is 8.18. The number of amides is 2. The molecule has 0 spiro atoms. The average Bonchev–Trinajstić information content (AvgIpc) is 3.12. The van der Waals surface area contributed by atoms with Gasteiger partial charge in [-0.1, -0.05) is 30.3 Å². The van der Waals surface area contributed by atoms with E-state index in [1.807, 2.05) is 25.1 Å². The first-order valence-corrected chi connectivity index (χ1v) is 11.9. The van der Waals surface area contributed by atoms with Gasteiger partial charge in [-0.3, -0.25) is 24.6 Å². The number of para-hydroxylation sites is 1. The standard InChI is InChI=1S/C26H19F3N2O6S/c1-16-5-4-7-19(13-16)36-12-11-30-24(32)23(38-25(30)33)14-17-6-2-3-8-21(17)37-22-10-9-18(26(27,28)29)15-20(22)31(34)35/h2-10,13-15H,11-12H2,1H3/b23-14-. The molecule has 196 valence electrons. The highest BCUT2D eigenvalue weighted by Crippen LogP contribution is 2.40. The molecule has 4 rings (SSSR count). The molecule has 1 fully saturated rings. The lowest BCUT2D eigenvalue weighted by molar-refractivity contribution is -0.385. The largest absolute Gasteiger partial charge is 0.492 e. The van der Waals surface area contributed by atoms with E-state index in [-0.39, 0.29) is 23.8 Å². The van der Waals surface area contributed by atoms with Crippen LogP contribution in [-0.4, -0.2) is 34.1 Å². The fourth-order valence-corrected chi connectivity index (χ4v) is 4.38. The molecule has 3 aromatic carbocycles. The molecule has 1 saturated heterocycles. The minimum absolute atomic E-state index is 0.0197. The summed E-state index contributed by atoms with van der Waals surface area (Å²) in [7, 11) is 0. The zero-order chi connectivity index (χ0) is 27.4. The number of halogens is 3. The van der Waals surface area contributed by atoms with Crippen molar-refractivity contribution in [3.8, 4) is 17.2 Å². The first-order chi connectivity index (χ1) is 18.0. The minimum Gasteiger partial charge on any atom is -0.492 e. The van der Waals surface area contributed by atoms with Crippen molar-refractivity contribution in [3.63, 3.8) is 0 Å². The molecular formula is C26H19F3N2O6S. The predicted octanol–water partition coefficient (Wildman–Crippen LogP) is 6.83. The SMILES string of the molecule is Cc1cccc(OCCN2C(=O)S/C(=C\c3ccccc3Oc3ccc(C(F)(F)F)cc3[N+](=O)[O-])C2=O)c1. The smallest absolute Gasteiger partial charge is 0.416 e. The van der Waals surface area contributed by atoms with Gasteiger partial charge in [-0.15, -0.1) is 0 Å². The van der Waals surface area contributed by atoms with E-state index in [0.717, 1.165) is 16.5 Å². The Balaban J connectivity index is 1.52. The maximum absolute atomic E-state index is 13.0. The molecule has 0 bridgehead atoms. The van der Waals surface area contributed by atoms with Gasteiger partial charge < -0.3 is 9.47 Å². The van der Waals surface area contributed by atoms with Crippen LogP contribution >= 0.6 is 11.8 Å². The van der Waals surface area contributed by atoms with E-state index in [1.54, 1.807) is 24.3 Å². The normalized spacial score (nSPS) is 14.7. The zero-order valence-corrected chi connectivity index (χ0v) is 20.5. The number of benzene rings is 3. The van der Waals surface area contributed by atoms with Crippen LogP contribution in [0, 0.1) is 17.0 Å². The van der Waals surface area contributed by atoms with Gasteiger partial charge >= 0.3 is 11.9 Å². The van der Waals surface area contributed by atoms with Crippen molar-refractivity contribution in [1.29, 1.82) is 0 Å². The number of rotatable bonds is 8. The van der Waals surface area contributed by atoms with Crippen molar-refractivity contribution in [2.75, 3.05) is 13.2 Å². The molecule has 0 aliphatic carbocycles. The Labute approximate surface area is 218 Å². The average molecular weight is 545 g/mol. The van der Waals surface area contributed by atoms with Crippen molar-refractivity contribution in [3.05, 3.63) is 98.4 Å². The monoisotopic (exact) mass is 544 g/mol. The molecule has 0 atom stereocenters. The Kier molecular flexibility index (Phi) is 7.72. The van der Waals surface area contributed by atoms with E-state index in [0.29, 0.717) is 35.2 Å². The molecular weight excluding hydrogens is 525 g/mol. The molecule has 38 heavy (non-hydrogen) atoms. The Morgan fingerprint density at radius 3 is 2.50 bits per heavy atom. The van der Waals surface area contributed by atoms with Crippen molar-refractivity contribution < 1.29 is 37.2 Å². The van der Waals surface area contributed by atoms with Crippen LogP contribution in [0.3, 0.4) is 0 Å². The fourth-order valence-electron chi connectivity index (χ4n) is 3.53. The quantitative estimate of drug-likeness (QED) is 0.174. The predicted molar refractivity (Wildman–Crippen MR) is 134 cm³/mol. The summed E-state index contributed by atoms with van der Waals surface area (Å²) in [6.07, 6.45) is -3.38. The van der Waals surface area contributed by atoms with Gasteiger partial charge in [0.15, 0.2) is 0 Å². The summed E-state index contributed by atoms with van der Waals surface area (Å²) < 4.78 is 50.3. The maximum atomic E-state index is 13.0. The lowest BCUT2D eigenvalue weighted by Crippen LogP contribution is -2.32. The fraction of sp³-hybridized carbons (Fsp3) is 0.154. The van der Waals surface area contributed by atoms with Crippen LogP contribution in [-0.2, 0) is 11.0 Å². The Bertz CT molecular complexity index is 1440. The van der Waals surface area contributed by atoms with E-state index >= 15 is 0 Å². The van der Waals surface area contributed by atoms with Crippen molar-refractivity contribution in [2.24, 2.45) is 0 Å². The van der Waals surface area contributed by atoms with Crippen LogP contribution in [0.15, 0.2) is 71.6 Å². The van der Waals surface area contributed by atoms with Crippen LogP contribution in [0.5, 0.6) is 17.2 Å². The molecule has 0 N–H and O–H groups in total. The third kappa shape index (κ3) is 6.14. The second-order valence-electron chi connectivity index (χ2n) is 8.08. The van der Waals surface area contributed by atoms with Gasteiger partial charge in [0.1, 0.15) is 18.1 Å². The second-order valence-corrected chi connectivity index (χ2v) is 9.07. The van der Waals surface area contributed by atoms with Crippen LogP contribution in [0.4, 0.5) is 23.7 Å². The molecule has 0 unspecified atom stereocenters. The first kappa shape index (κ1) is 26.7. The van der Waals surface area contributed by atoms with Crippen molar-refractivity contribution >= 4 is 34.7 Å². The van der Waals surface area contributed by atoms with E-state index in [9.17, 15) is 32.9 Å². The number of aryl methyl sites for hydroxylation is 1. The number of carbonyl (C=O) groups is 2. The number of thioether (sulfide) groups is 1. The molecule has 0 aromatic heterocycles. The zero-order valence-electron chi connectivity index (χ0n) is 19.7. The lowest BCUT2D eigenvalue weighted by Gasteiger charge is -2.13. The topological polar surface area (TPSA) is 99.0 Å². The molecule has 1 aliphatic heterocycles. The molecule has 0 saturated carbocycles. The summed E-state index contributed by atoms with van der Waals surface area (Å²) in [4.78, 5) is 36.9. The molecule has 12 heteroatoms. The second kappa shape index (κ2) is 11.0. The molecule has 0 radical (unpaired) electrons. The van der Waals surface area contributed by atoms with Gasteiger partial charge in [0.25, 0.3) is 11.1 Å². The first-order valence-electron chi connectivity index (χ1n) is 11.1. The molecule has 2 amide bonds. The third-order valence-corrected chi connectivity index (χ3v) is 6.26. The molecule has 1 heterocycles. The van der Waals surface area contributed by atoms with Crippen LogP contribution in [0.1, 0.15) is 16.7 Å². The molecule has 8 nitrogen and oxygen atoms in total. The van der Waals surface area contributed by atoms with Gasteiger partial charge in [0, 0.05) is 11.6 Å². The van der Waals surface area contributed by atoms with E-state index in [1.165, 1.54) is 12.1 Å². The summed E-state index contributed by atoms with van der Waals surface area (Å²) in [6, 6.07) is 15.4. The summed E-state index contributed by atoms with van der Waals surface area (Å²) in [5, 5.41) is 10.9. The maximum Gasteiger partial charge on any atom is 0.416 e. The number of imide groups is 1. The van der Waals surface area contributed by atoms with Crippen LogP contribution in [0.25, 0.3) is 6.08 Å². The van der Waals surface area contributed by atoms with Crippen LogP contribution in [0.2, 0.25) is 0 Å². The number of ether oxygens (including phenoxy) is 2. The number of alkyl halides is 3. The van der Waals surface area contributed by atoms with Gasteiger partial charge in [0.05, 0.1) is 21.9 Å². The Morgan fingerprint density at radius 2 is 1.79 bits per heavy atom. The van der Waals surface area contributed by atoms with Gasteiger partial charge in [-0.25, -0.2) is 0 Å². The minimum atomic E-state index is -4.77. The summed E-state index contributed by atoms with van der Waals surface area (Å²) in [5.41, 5.74) is -0.768. The third-order valence-electron chi connectivity index (χ3n) is 5.36. The number of nitro groups is 1.